The van der Waals surface area contributed by atoms with E-state index in [0.717, 1.165) is 6.54 Å². The summed E-state index contributed by atoms with van der Waals surface area (Å²) < 4.78 is 0. The molecule has 0 radical (unpaired) electrons. The van der Waals surface area contributed by atoms with Crippen LogP contribution in [-0.4, -0.2) is 24.3 Å². The third-order valence-electron chi connectivity index (χ3n) is 3.64. The molecule has 2 nitrogen and oxygen atoms in total. The number of hydrogen-bond acceptors (Lipinski definition) is 2. The Kier molecular flexibility index (Phi) is 12.3. The molecule has 2 N–H and O–H groups in total. The van der Waals surface area contributed by atoms with Crippen molar-refractivity contribution in [2.24, 2.45) is 5.92 Å². The Morgan fingerprint density at radius 2 is 1.41 bits per heavy atom. The van der Waals surface area contributed by atoms with Crippen LogP contribution < -0.4 is 5.32 Å². The minimum atomic E-state index is 0.283. The molecule has 104 valence electrons. The highest BCUT2D eigenvalue weighted by atomic mass is 16.3. The largest absolute Gasteiger partial charge is 0.396 e. The lowest BCUT2D eigenvalue weighted by molar-refractivity contribution is 0.207. The van der Waals surface area contributed by atoms with Gasteiger partial charge in [0.15, 0.2) is 0 Å². The summed E-state index contributed by atoms with van der Waals surface area (Å²) in [6.07, 6.45) is 11.0. The molecule has 0 bridgehead atoms. The molecular formula is C15H33NO. The van der Waals surface area contributed by atoms with E-state index in [9.17, 15) is 0 Å². The summed E-state index contributed by atoms with van der Waals surface area (Å²) in [6, 6.07) is 0.435. The van der Waals surface area contributed by atoms with Gasteiger partial charge in [0.05, 0.1) is 0 Å². The van der Waals surface area contributed by atoms with Gasteiger partial charge in [-0.15, -0.1) is 0 Å². The highest BCUT2D eigenvalue weighted by Gasteiger charge is 2.08. The highest BCUT2D eigenvalue weighted by molar-refractivity contribution is 4.67. The molecule has 0 amide bonds. The van der Waals surface area contributed by atoms with Crippen LogP contribution in [0.15, 0.2) is 0 Å². The van der Waals surface area contributed by atoms with Gasteiger partial charge in [-0.3, -0.25) is 0 Å². The Bertz CT molecular complexity index is 150. The summed E-state index contributed by atoms with van der Waals surface area (Å²) in [5.74, 6) is 0.365. The van der Waals surface area contributed by atoms with Crippen molar-refractivity contribution in [1.82, 2.24) is 5.32 Å². The molecule has 0 aromatic rings. The smallest absolute Gasteiger partial charge is 0.0471 e. The number of aliphatic hydroxyl groups is 1. The lowest BCUT2D eigenvalue weighted by Crippen LogP contribution is -2.34. The summed E-state index contributed by atoms with van der Waals surface area (Å²) >= 11 is 0. The van der Waals surface area contributed by atoms with Crippen LogP contribution in [0.25, 0.3) is 0 Å². The SMILES string of the molecule is CCCCCCCCCCNC(C)C(C)CO. The summed E-state index contributed by atoms with van der Waals surface area (Å²) in [5.41, 5.74) is 0. The number of nitrogens with one attached hydrogen (secondary N) is 1. The molecule has 0 spiro atoms. The molecule has 0 heterocycles. The van der Waals surface area contributed by atoms with Crippen LogP contribution >= 0.6 is 0 Å². The van der Waals surface area contributed by atoms with Gasteiger partial charge in [0.1, 0.15) is 0 Å². The molecule has 0 rings (SSSR count). The molecule has 0 aromatic heterocycles. The van der Waals surface area contributed by atoms with E-state index < -0.39 is 0 Å². The molecule has 0 aliphatic heterocycles. The fraction of sp³-hybridized carbons (Fsp3) is 1.00. The summed E-state index contributed by atoms with van der Waals surface area (Å²) in [7, 11) is 0. The average Bonchev–Trinajstić information content (AvgIpc) is 2.35. The minimum Gasteiger partial charge on any atom is -0.396 e. The Morgan fingerprint density at radius 3 is 1.94 bits per heavy atom. The zero-order chi connectivity index (χ0) is 12.9. The first-order chi connectivity index (χ1) is 8.22. The lowest BCUT2D eigenvalue weighted by Gasteiger charge is -2.19. The van der Waals surface area contributed by atoms with Crippen LogP contribution in [0.5, 0.6) is 0 Å². The summed E-state index contributed by atoms with van der Waals surface area (Å²) in [4.78, 5) is 0. The number of hydrogen-bond donors (Lipinski definition) is 2. The van der Waals surface area contributed by atoms with Gasteiger partial charge in [0.2, 0.25) is 0 Å². The van der Waals surface area contributed by atoms with E-state index >= 15 is 0 Å². The van der Waals surface area contributed by atoms with E-state index in [1.807, 2.05) is 0 Å². The predicted molar refractivity (Wildman–Crippen MR) is 76.3 cm³/mol. The first-order valence-corrected chi connectivity index (χ1v) is 7.56. The second kappa shape index (κ2) is 12.4. The third kappa shape index (κ3) is 10.8. The molecule has 17 heavy (non-hydrogen) atoms. The molecule has 0 fully saturated rings. The Balaban J connectivity index is 3.13. The Labute approximate surface area is 108 Å². The van der Waals surface area contributed by atoms with Crippen molar-refractivity contribution in [2.75, 3.05) is 13.2 Å². The maximum atomic E-state index is 9.01. The van der Waals surface area contributed by atoms with Gasteiger partial charge < -0.3 is 10.4 Å². The van der Waals surface area contributed by atoms with Gasteiger partial charge >= 0.3 is 0 Å². The van der Waals surface area contributed by atoms with Gasteiger partial charge in [-0.25, -0.2) is 0 Å². The van der Waals surface area contributed by atoms with E-state index in [0.29, 0.717) is 12.0 Å². The van der Waals surface area contributed by atoms with Crippen LogP contribution in [0.1, 0.15) is 72.1 Å². The van der Waals surface area contributed by atoms with Gasteiger partial charge in [0, 0.05) is 12.6 Å². The Hall–Kier alpha value is -0.0800. The van der Waals surface area contributed by atoms with Gasteiger partial charge in [-0.2, -0.15) is 0 Å². The van der Waals surface area contributed by atoms with Crippen LogP contribution in [0, 0.1) is 5.92 Å². The molecule has 0 saturated heterocycles. The second-order valence-electron chi connectivity index (χ2n) is 5.38. The van der Waals surface area contributed by atoms with Crippen molar-refractivity contribution in [2.45, 2.75) is 78.2 Å². The van der Waals surface area contributed by atoms with Crippen LogP contribution in [0.2, 0.25) is 0 Å². The molecule has 2 heteroatoms. The molecule has 0 aromatic carbocycles. The maximum Gasteiger partial charge on any atom is 0.0471 e. The number of rotatable bonds is 12. The minimum absolute atomic E-state index is 0.283. The molecular weight excluding hydrogens is 210 g/mol. The maximum absolute atomic E-state index is 9.01. The topological polar surface area (TPSA) is 32.3 Å². The third-order valence-corrected chi connectivity index (χ3v) is 3.64. The van der Waals surface area contributed by atoms with Crippen molar-refractivity contribution in [3.05, 3.63) is 0 Å². The van der Waals surface area contributed by atoms with Crippen LogP contribution in [0.3, 0.4) is 0 Å². The summed E-state index contributed by atoms with van der Waals surface area (Å²) in [5, 5.41) is 12.5. The standard InChI is InChI=1S/C15H33NO/c1-4-5-6-7-8-9-10-11-12-16-15(3)14(2)13-17/h14-17H,4-13H2,1-3H3. The number of aliphatic hydroxyl groups excluding tert-OH is 1. The first-order valence-electron chi connectivity index (χ1n) is 7.56. The first kappa shape index (κ1) is 16.9. The van der Waals surface area contributed by atoms with Crippen LogP contribution in [0.4, 0.5) is 0 Å². The fourth-order valence-corrected chi connectivity index (χ4v) is 1.95. The van der Waals surface area contributed by atoms with E-state index in [4.69, 9.17) is 5.11 Å². The zero-order valence-corrected chi connectivity index (χ0v) is 12.2. The van der Waals surface area contributed by atoms with Gasteiger partial charge in [-0.1, -0.05) is 58.8 Å². The molecule has 0 saturated carbocycles. The predicted octanol–water partition coefficient (Wildman–Crippen LogP) is 3.73. The van der Waals surface area contributed by atoms with Crippen molar-refractivity contribution >= 4 is 0 Å². The van der Waals surface area contributed by atoms with Gasteiger partial charge in [0.25, 0.3) is 0 Å². The van der Waals surface area contributed by atoms with Crippen molar-refractivity contribution in [1.29, 1.82) is 0 Å². The van der Waals surface area contributed by atoms with E-state index in [1.165, 1.54) is 51.4 Å². The van der Waals surface area contributed by atoms with Crippen molar-refractivity contribution < 1.29 is 5.11 Å². The highest BCUT2D eigenvalue weighted by Crippen LogP contribution is 2.08. The zero-order valence-electron chi connectivity index (χ0n) is 12.2. The van der Waals surface area contributed by atoms with Crippen molar-refractivity contribution in [3.63, 3.8) is 0 Å². The van der Waals surface area contributed by atoms with E-state index in [2.05, 4.69) is 26.1 Å². The molecule has 0 aliphatic rings. The normalized spacial score (nSPS) is 14.8. The van der Waals surface area contributed by atoms with Crippen molar-refractivity contribution in [3.8, 4) is 0 Å². The monoisotopic (exact) mass is 243 g/mol. The summed E-state index contributed by atoms with van der Waals surface area (Å²) in [6.45, 7) is 7.89. The Morgan fingerprint density at radius 1 is 0.882 bits per heavy atom. The second-order valence-corrected chi connectivity index (χ2v) is 5.38. The average molecular weight is 243 g/mol. The fourth-order valence-electron chi connectivity index (χ4n) is 1.95. The molecule has 2 unspecified atom stereocenters. The quantitative estimate of drug-likeness (QED) is 0.512. The molecule has 2 atom stereocenters. The molecule has 0 aliphatic carbocycles. The van der Waals surface area contributed by atoms with Gasteiger partial charge in [-0.05, 0) is 25.8 Å². The number of unbranched alkanes of at least 4 members (excludes halogenated alkanes) is 7. The van der Waals surface area contributed by atoms with Crippen LogP contribution in [-0.2, 0) is 0 Å². The van der Waals surface area contributed by atoms with E-state index in [-0.39, 0.29) is 6.61 Å². The lowest BCUT2D eigenvalue weighted by atomic mass is 10.0. The van der Waals surface area contributed by atoms with E-state index in [1.54, 1.807) is 0 Å².